The lowest BCUT2D eigenvalue weighted by atomic mass is 9.91. The number of hydrogen-bond acceptors (Lipinski definition) is 7. The second-order valence-electron chi connectivity index (χ2n) is 7.21. The molecule has 0 amide bonds. The van der Waals surface area contributed by atoms with E-state index in [0.717, 1.165) is 54.9 Å². The van der Waals surface area contributed by atoms with Crippen LogP contribution in [0.25, 0.3) is 11.5 Å². The summed E-state index contributed by atoms with van der Waals surface area (Å²) in [6, 6.07) is 0. The first-order chi connectivity index (χ1) is 12.7. The van der Waals surface area contributed by atoms with Gasteiger partial charge < -0.3 is 13.7 Å². The van der Waals surface area contributed by atoms with E-state index in [2.05, 4.69) is 20.5 Å². The maximum Gasteiger partial charge on any atom is 0.253 e. The Morgan fingerprint density at radius 1 is 1.19 bits per heavy atom. The van der Waals surface area contributed by atoms with E-state index in [0.29, 0.717) is 17.7 Å². The van der Waals surface area contributed by atoms with Gasteiger partial charge in [-0.1, -0.05) is 5.16 Å². The SMILES string of the molecule is Cc1noc(C2CC2)c1-c1nnc([C@@H]2CCCO[C@H]2c2cnn(C)c2)o1. The van der Waals surface area contributed by atoms with Crippen molar-refractivity contribution in [3.05, 3.63) is 35.3 Å². The van der Waals surface area contributed by atoms with E-state index < -0.39 is 0 Å². The summed E-state index contributed by atoms with van der Waals surface area (Å²) in [7, 11) is 1.90. The maximum atomic E-state index is 6.10. The van der Waals surface area contributed by atoms with Crippen molar-refractivity contribution < 1.29 is 13.7 Å². The first-order valence-corrected chi connectivity index (χ1v) is 9.11. The first-order valence-electron chi connectivity index (χ1n) is 9.11. The molecule has 1 aliphatic heterocycles. The van der Waals surface area contributed by atoms with Gasteiger partial charge in [0.05, 0.1) is 23.9 Å². The average Bonchev–Trinajstić information content (AvgIpc) is 3.04. The Bertz CT molecular complexity index is 923. The molecule has 0 aromatic carbocycles. The van der Waals surface area contributed by atoms with Crippen molar-refractivity contribution in [3.63, 3.8) is 0 Å². The van der Waals surface area contributed by atoms with Crippen LogP contribution in [0.2, 0.25) is 0 Å². The molecule has 4 heterocycles. The molecule has 8 nitrogen and oxygen atoms in total. The molecular weight excluding hydrogens is 334 g/mol. The summed E-state index contributed by atoms with van der Waals surface area (Å²) in [4.78, 5) is 0. The zero-order chi connectivity index (χ0) is 17.7. The fourth-order valence-corrected chi connectivity index (χ4v) is 3.71. The molecule has 1 aliphatic carbocycles. The van der Waals surface area contributed by atoms with Crippen LogP contribution in [0.5, 0.6) is 0 Å². The lowest BCUT2D eigenvalue weighted by molar-refractivity contribution is -0.00890. The number of hydrogen-bond donors (Lipinski definition) is 0. The molecule has 26 heavy (non-hydrogen) atoms. The lowest BCUT2D eigenvalue weighted by Gasteiger charge is -2.28. The zero-order valence-corrected chi connectivity index (χ0v) is 14.9. The number of ether oxygens (including phenoxy) is 1. The summed E-state index contributed by atoms with van der Waals surface area (Å²) in [6.45, 7) is 2.64. The summed E-state index contributed by atoms with van der Waals surface area (Å²) in [6.07, 6.45) is 7.88. The summed E-state index contributed by atoms with van der Waals surface area (Å²) < 4.78 is 19.4. The molecular formula is C18H21N5O3. The molecule has 2 fully saturated rings. The van der Waals surface area contributed by atoms with Crippen molar-refractivity contribution in [1.82, 2.24) is 25.1 Å². The third-order valence-corrected chi connectivity index (χ3v) is 5.18. The molecule has 0 unspecified atom stereocenters. The monoisotopic (exact) mass is 355 g/mol. The fraction of sp³-hybridized carbons (Fsp3) is 0.556. The minimum Gasteiger partial charge on any atom is -0.420 e. The van der Waals surface area contributed by atoms with Crippen LogP contribution in [0.1, 0.15) is 66.5 Å². The largest absolute Gasteiger partial charge is 0.420 e. The van der Waals surface area contributed by atoms with E-state index in [1.807, 2.05) is 26.4 Å². The average molecular weight is 355 g/mol. The van der Waals surface area contributed by atoms with Gasteiger partial charge in [-0.3, -0.25) is 4.68 Å². The quantitative estimate of drug-likeness (QED) is 0.709. The Hall–Kier alpha value is -2.48. The molecule has 3 aromatic rings. The molecule has 0 radical (unpaired) electrons. The predicted octanol–water partition coefficient (Wildman–Crippen LogP) is 3.28. The topological polar surface area (TPSA) is 92.0 Å². The molecule has 8 heteroatoms. The molecule has 0 bridgehead atoms. The van der Waals surface area contributed by atoms with Crippen molar-refractivity contribution in [2.24, 2.45) is 7.05 Å². The van der Waals surface area contributed by atoms with Gasteiger partial charge in [0.15, 0.2) is 5.76 Å². The minimum atomic E-state index is -0.114. The Labute approximate surface area is 150 Å². The highest BCUT2D eigenvalue weighted by Crippen LogP contribution is 2.46. The highest BCUT2D eigenvalue weighted by molar-refractivity contribution is 5.60. The summed E-state index contributed by atoms with van der Waals surface area (Å²) in [5.41, 5.74) is 2.70. The van der Waals surface area contributed by atoms with Gasteiger partial charge in [-0.05, 0) is 32.6 Å². The standard InChI is InChI=1S/C18H21N5O3/c1-10-14(16(26-22-10)11-5-6-11)18-21-20-17(25-18)13-4-3-7-24-15(13)12-8-19-23(2)9-12/h8-9,11,13,15H,3-7H2,1-2H3/t13-,15+/m1/s1. The van der Waals surface area contributed by atoms with Gasteiger partial charge in [0.1, 0.15) is 5.56 Å². The first kappa shape index (κ1) is 15.7. The third-order valence-electron chi connectivity index (χ3n) is 5.18. The van der Waals surface area contributed by atoms with E-state index in [1.165, 1.54) is 0 Å². The number of aromatic nitrogens is 5. The van der Waals surface area contributed by atoms with Gasteiger partial charge in [-0.2, -0.15) is 5.10 Å². The minimum absolute atomic E-state index is 0.0266. The Morgan fingerprint density at radius 2 is 2.08 bits per heavy atom. The zero-order valence-electron chi connectivity index (χ0n) is 14.9. The smallest absolute Gasteiger partial charge is 0.253 e. The molecule has 0 spiro atoms. The van der Waals surface area contributed by atoms with Crippen LogP contribution < -0.4 is 0 Å². The maximum absolute atomic E-state index is 6.10. The molecule has 136 valence electrons. The van der Waals surface area contributed by atoms with Crippen LogP contribution in [-0.2, 0) is 11.8 Å². The van der Waals surface area contributed by atoms with Crippen LogP contribution in [0.4, 0.5) is 0 Å². The molecule has 2 aliphatic rings. The van der Waals surface area contributed by atoms with E-state index in [9.17, 15) is 0 Å². The number of nitrogens with zero attached hydrogens (tertiary/aromatic N) is 5. The van der Waals surface area contributed by atoms with E-state index in [-0.39, 0.29) is 12.0 Å². The molecule has 5 rings (SSSR count). The van der Waals surface area contributed by atoms with E-state index in [4.69, 9.17) is 13.7 Å². The molecule has 2 atom stereocenters. The van der Waals surface area contributed by atoms with Crippen molar-refractivity contribution in [3.8, 4) is 11.5 Å². The Balaban J connectivity index is 1.48. The van der Waals surface area contributed by atoms with Crippen LogP contribution >= 0.6 is 0 Å². The van der Waals surface area contributed by atoms with Crippen molar-refractivity contribution >= 4 is 0 Å². The molecule has 0 N–H and O–H groups in total. The van der Waals surface area contributed by atoms with Gasteiger partial charge in [-0.15, -0.1) is 10.2 Å². The van der Waals surface area contributed by atoms with Crippen molar-refractivity contribution in [1.29, 1.82) is 0 Å². The van der Waals surface area contributed by atoms with Crippen LogP contribution in [-0.4, -0.2) is 31.7 Å². The lowest BCUT2D eigenvalue weighted by Crippen LogP contribution is -2.21. The third kappa shape index (κ3) is 2.65. The highest BCUT2D eigenvalue weighted by Gasteiger charge is 2.36. The molecule has 1 saturated heterocycles. The van der Waals surface area contributed by atoms with Gasteiger partial charge in [0.25, 0.3) is 5.89 Å². The van der Waals surface area contributed by atoms with E-state index in [1.54, 1.807) is 4.68 Å². The van der Waals surface area contributed by atoms with Crippen molar-refractivity contribution in [2.45, 2.75) is 50.5 Å². The van der Waals surface area contributed by atoms with Crippen LogP contribution in [0.15, 0.2) is 21.3 Å². The highest BCUT2D eigenvalue weighted by atomic mass is 16.5. The summed E-state index contributed by atoms with van der Waals surface area (Å²) in [5.74, 6) is 2.44. The second-order valence-corrected chi connectivity index (χ2v) is 7.21. The molecule has 3 aromatic heterocycles. The summed E-state index contributed by atoms with van der Waals surface area (Å²) >= 11 is 0. The Morgan fingerprint density at radius 3 is 2.85 bits per heavy atom. The Kier molecular flexibility index (Phi) is 3.66. The summed E-state index contributed by atoms with van der Waals surface area (Å²) in [5, 5.41) is 17.0. The fourth-order valence-electron chi connectivity index (χ4n) is 3.71. The van der Waals surface area contributed by atoms with E-state index >= 15 is 0 Å². The predicted molar refractivity (Wildman–Crippen MR) is 90.4 cm³/mol. The number of aryl methyl sites for hydroxylation is 2. The van der Waals surface area contributed by atoms with Gasteiger partial charge in [-0.25, -0.2) is 0 Å². The number of rotatable bonds is 4. The van der Waals surface area contributed by atoms with Crippen LogP contribution in [0.3, 0.4) is 0 Å². The van der Waals surface area contributed by atoms with Crippen molar-refractivity contribution in [2.75, 3.05) is 6.61 Å². The van der Waals surface area contributed by atoms with Crippen LogP contribution in [0, 0.1) is 6.92 Å². The van der Waals surface area contributed by atoms with Gasteiger partial charge in [0, 0.05) is 31.3 Å². The van der Waals surface area contributed by atoms with Gasteiger partial charge >= 0.3 is 0 Å². The normalized spacial score (nSPS) is 23.5. The molecule has 1 saturated carbocycles. The second kappa shape index (κ2) is 6.05. The van der Waals surface area contributed by atoms with Gasteiger partial charge in [0.2, 0.25) is 5.89 Å².